The summed E-state index contributed by atoms with van der Waals surface area (Å²) in [7, 11) is 0. The second-order valence-corrected chi connectivity index (χ2v) is 3.23. The highest BCUT2D eigenvalue weighted by atomic mass is 35.5. The summed E-state index contributed by atoms with van der Waals surface area (Å²) in [5, 5.41) is 17.0. The Morgan fingerprint density at radius 3 is 2.75 bits per heavy atom. The molecule has 0 amide bonds. The number of rotatable bonds is 3. The molecule has 0 fully saturated rings. The molecule has 4 nitrogen and oxygen atoms in total. The number of alkyl halides is 2. The summed E-state index contributed by atoms with van der Waals surface area (Å²) in [4.78, 5) is 13.9. The van der Waals surface area contributed by atoms with Crippen molar-refractivity contribution >= 4 is 17.6 Å². The van der Waals surface area contributed by atoms with Crippen LogP contribution in [0, 0.1) is 11.3 Å². The normalized spacial score (nSPS) is 10.2. The molecule has 0 aromatic carbocycles. The second kappa shape index (κ2) is 4.86. The Labute approximate surface area is 94.1 Å². The fourth-order valence-electron chi connectivity index (χ4n) is 1.17. The van der Waals surface area contributed by atoms with E-state index in [2.05, 4.69) is 4.98 Å². The SMILES string of the molecule is N#Cc1c(Cl)cnc(CC(=O)O)c1C(F)F. The van der Waals surface area contributed by atoms with Gasteiger partial charge in [0.05, 0.1) is 28.3 Å². The molecule has 1 heterocycles. The largest absolute Gasteiger partial charge is 0.481 e. The molecule has 0 unspecified atom stereocenters. The highest BCUT2D eigenvalue weighted by molar-refractivity contribution is 6.31. The van der Waals surface area contributed by atoms with Crippen molar-refractivity contribution in [3.8, 4) is 6.07 Å². The molecule has 7 heteroatoms. The third kappa shape index (κ3) is 2.44. The maximum absolute atomic E-state index is 12.7. The average Bonchev–Trinajstić information content (AvgIpc) is 2.18. The lowest BCUT2D eigenvalue weighted by Crippen LogP contribution is -2.08. The number of carboxylic acids is 1. The molecule has 1 rings (SSSR count). The summed E-state index contributed by atoms with van der Waals surface area (Å²) >= 11 is 5.52. The van der Waals surface area contributed by atoms with E-state index in [0.717, 1.165) is 6.20 Å². The van der Waals surface area contributed by atoms with Crippen molar-refractivity contribution in [3.05, 3.63) is 28.0 Å². The minimum Gasteiger partial charge on any atom is -0.481 e. The van der Waals surface area contributed by atoms with Crippen LogP contribution in [-0.2, 0) is 11.2 Å². The van der Waals surface area contributed by atoms with E-state index < -0.39 is 29.9 Å². The van der Waals surface area contributed by atoms with Crippen molar-refractivity contribution in [1.29, 1.82) is 5.26 Å². The van der Waals surface area contributed by atoms with Crippen LogP contribution in [0.2, 0.25) is 5.02 Å². The van der Waals surface area contributed by atoms with Gasteiger partial charge in [-0.1, -0.05) is 11.6 Å². The first kappa shape index (κ1) is 12.3. The Balaban J connectivity index is 3.40. The highest BCUT2D eigenvalue weighted by Gasteiger charge is 2.22. The molecule has 0 spiro atoms. The van der Waals surface area contributed by atoms with Crippen LogP contribution in [0.1, 0.15) is 23.2 Å². The van der Waals surface area contributed by atoms with Crippen LogP contribution in [0.25, 0.3) is 0 Å². The summed E-state index contributed by atoms with van der Waals surface area (Å²) in [5.74, 6) is -1.30. The van der Waals surface area contributed by atoms with Gasteiger partial charge in [0.25, 0.3) is 6.43 Å². The first-order valence-corrected chi connectivity index (χ1v) is 4.42. The van der Waals surface area contributed by atoms with E-state index >= 15 is 0 Å². The summed E-state index contributed by atoms with van der Waals surface area (Å²) in [5.41, 5.74) is -1.48. The number of carboxylic acid groups (broad SMARTS) is 1. The third-order valence-corrected chi connectivity index (χ3v) is 2.09. The lowest BCUT2D eigenvalue weighted by molar-refractivity contribution is -0.136. The molecule has 0 aliphatic heterocycles. The number of nitrogens with zero attached hydrogens (tertiary/aromatic N) is 2. The Bertz CT molecular complexity index is 471. The van der Waals surface area contributed by atoms with Gasteiger partial charge in [-0.2, -0.15) is 5.26 Å². The Morgan fingerprint density at radius 2 is 2.31 bits per heavy atom. The van der Waals surface area contributed by atoms with Gasteiger partial charge in [-0.15, -0.1) is 0 Å². The van der Waals surface area contributed by atoms with E-state index in [1.807, 2.05) is 0 Å². The summed E-state index contributed by atoms with van der Waals surface area (Å²) in [6.45, 7) is 0. The molecule has 0 saturated heterocycles. The van der Waals surface area contributed by atoms with Gasteiger partial charge in [-0.25, -0.2) is 8.78 Å². The molecule has 16 heavy (non-hydrogen) atoms. The van der Waals surface area contributed by atoms with E-state index in [9.17, 15) is 13.6 Å². The van der Waals surface area contributed by atoms with Gasteiger partial charge < -0.3 is 5.11 Å². The zero-order chi connectivity index (χ0) is 12.3. The topological polar surface area (TPSA) is 74.0 Å². The van der Waals surface area contributed by atoms with E-state index in [1.54, 1.807) is 0 Å². The van der Waals surface area contributed by atoms with Crippen molar-refractivity contribution in [1.82, 2.24) is 4.98 Å². The Kier molecular flexibility index (Phi) is 3.74. The Morgan fingerprint density at radius 1 is 1.69 bits per heavy atom. The zero-order valence-electron chi connectivity index (χ0n) is 7.75. The summed E-state index contributed by atoms with van der Waals surface area (Å²) in [6.07, 6.45) is -2.68. The van der Waals surface area contributed by atoms with E-state index in [-0.39, 0.29) is 10.7 Å². The molecule has 0 bridgehead atoms. The predicted molar refractivity (Wildman–Crippen MR) is 50.3 cm³/mol. The molecule has 0 aliphatic carbocycles. The lowest BCUT2D eigenvalue weighted by atomic mass is 10.1. The number of carbonyl (C=O) groups is 1. The van der Waals surface area contributed by atoms with Gasteiger partial charge in [-0.05, 0) is 0 Å². The summed E-state index contributed by atoms with van der Waals surface area (Å²) < 4.78 is 25.3. The quantitative estimate of drug-likeness (QED) is 0.887. The minimum absolute atomic E-state index is 0.216. The molecule has 0 atom stereocenters. The van der Waals surface area contributed by atoms with Crippen molar-refractivity contribution in [3.63, 3.8) is 0 Å². The summed E-state index contributed by atoms with van der Waals surface area (Å²) in [6, 6.07) is 1.51. The maximum Gasteiger partial charge on any atom is 0.309 e. The predicted octanol–water partition coefficient (Wildman–Crippen LogP) is 2.17. The molecule has 0 radical (unpaired) electrons. The third-order valence-electron chi connectivity index (χ3n) is 1.80. The van der Waals surface area contributed by atoms with Gasteiger partial charge in [-0.3, -0.25) is 9.78 Å². The van der Waals surface area contributed by atoms with Crippen LogP contribution in [0.3, 0.4) is 0 Å². The number of hydrogen-bond donors (Lipinski definition) is 1. The smallest absolute Gasteiger partial charge is 0.309 e. The monoisotopic (exact) mass is 246 g/mol. The van der Waals surface area contributed by atoms with Crippen LogP contribution in [-0.4, -0.2) is 16.1 Å². The molecular weight excluding hydrogens is 242 g/mol. The molecule has 1 aromatic heterocycles. The Hall–Kier alpha value is -1.74. The van der Waals surface area contributed by atoms with Gasteiger partial charge in [0.2, 0.25) is 0 Å². The molecule has 0 saturated carbocycles. The standard InChI is InChI=1S/C9H5ClF2N2O2/c10-5-3-14-6(1-7(15)16)8(9(11)12)4(5)2-13/h3,9H,1H2,(H,15,16). The van der Waals surface area contributed by atoms with E-state index in [0.29, 0.717) is 0 Å². The number of halogens is 3. The van der Waals surface area contributed by atoms with Crippen molar-refractivity contribution in [2.75, 3.05) is 0 Å². The fraction of sp³-hybridized carbons (Fsp3) is 0.222. The van der Waals surface area contributed by atoms with Crippen LogP contribution in [0.5, 0.6) is 0 Å². The van der Waals surface area contributed by atoms with Crippen LogP contribution in [0.15, 0.2) is 6.20 Å². The first-order valence-electron chi connectivity index (χ1n) is 4.04. The lowest BCUT2D eigenvalue weighted by Gasteiger charge is -2.08. The highest BCUT2D eigenvalue weighted by Crippen LogP contribution is 2.29. The van der Waals surface area contributed by atoms with Gasteiger partial charge in [0.1, 0.15) is 6.07 Å². The number of nitriles is 1. The first-order chi connectivity index (χ1) is 7.47. The number of pyridine rings is 1. The van der Waals surface area contributed by atoms with Gasteiger partial charge in [0.15, 0.2) is 0 Å². The molecular formula is C9H5ClF2N2O2. The number of aromatic nitrogens is 1. The van der Waals surface area contributed by atoms with Crippen molar-refractivity contribution in [2.45, 2.75) is 12.8 Å². The zero-order valence-corrected chi connectivity index (χ0v) is 8.50. The average molecular weight is 247 g/mol. The minimum atomic E-state index is -2.99. The van der Waals surface area contributed by atoms with Crippen molar-refractivity contribution in [2.24, 2.45) is 0 Å². The second-order valence-electron chi connectivity index (χ2n) is 2.82. The molecule has 1 N–H and O–H groups in total. The van der Waals surface area contributed by atoms with Gasteiger partial charge >= 0.3 is 5.97 Å². The van der Waals surface area contributed by atoms with Crippen LogP contribution in [0.4, 0.5) is 8.78 Å². The number of aliphatic carboxylic acids is 1. The van der Waals surface area contributed by atoms with Crippen LogP contribution >= 0.6 is 11.6 Å². The molecule has 1 aromatic rings. The molecule has 0 aliphatic rings. The van der Waals surface area contributed by atoms with E-state index in [1.165, 1.54) is 6.07 Å². The maximum atomic E-state index is 12.7. The molecule has 84 valence electrons. The van der Waals surface area contributed by atoms with Gasteiger partial charge in [0, 0.05) is 6.20 Å². The van der Waals surface area contributed by atoms with E-state index in [4.69, 9.17) is 22.0 Å². The number of hydrogen-bond acceptors (Lipinski definition) is 3. The fourth-order valence-corrected chi connectivity index (χ4v) is 1.37. The van der Waals surface area contributed by atoms with Crippen molar-refractivity contribution < 1.29 is 18.7 Å². The van der Waals surface area contributed by atoms with Crippen LogP contribution < -0.4 is 0 Å².